The summed E-state index contributed by atoms with van der Waals surface area (Å²) in [7, 11) is 0. The molecule has 0 atom stereocenters. The topological polar surface area (TPSA) is 79.1 Å². The second kappa shape index (κ2) is 6.59. The van der Waals surface area contributed by atoms with Crippen LogP contribution in [0.25, 0.3) is 32.1 Å². The summed E-state index contributed by atoms with van der Waals surface area (Å²) in [5.41, 5.74) is 10.1. The van der Waals surface area contributed by atoms with Gasteiger partial charge in [0.1, 0.15) is 10.4 Å². The van der Waals surface area contributed by atoms with E-state index in [1.807, 2.05) is 30.5 Å². The highest BCUT2D eigenvalue weighted by atomic mass is 32.1. The molecule has 0 fully saturated rings. The molecule has 2 aromatic carbocycles. The monoisotopic (exact) mass is 364 g/mol. The van der Waals surface area contributed by atoms with Crippen molar-refractivity contribution in [3.63, 3.8) is 0 Å². The van der Waals surface area contributed by atoms with Crippen molar-refractivity contribution in [1.82, 2.24) is 4.98 Å². The average molecular weight is 364 g/mol. The van der Waals surface area contributed by atoms with E-state index in [0.717, 1.165) is 45.8 Å². The average Bonchev–Trinajstić information content (AvgIpc) is 3.12. The summed E-state index contributed by atoms with van der Waals surface area (Å²) < 4.78 is 0.684. The van der Waals surface area contributed by atoms with Gasteiger partial charge in [0.2, 0.25) is 0 Å². The zero-order valence-electron chi connectivity index (χ0n) is 14.5. The van der Waals surface area contributed by atoms with Crippen LogP contribution in [0.1, 0.15) is 17.5 Å². The number of nitrogens with one attached hydrogen (secondary N) is 1. The van der Waals surface area contributed by atoms with Crippen LogP contribution in [0.4, 0.5) is 0 Å². The molecule has 0 aliphatic rings. The number of fused-ring (bicyclic) bond motifs is 3. The zero-order chi connectivity index (χ0) is 18.3. The molecule has 0 spiro atoms. The van der Waals surface area contributed by atoms with Gasteiger partial charge in [-0.1, -0.05) is 24.3 Å². The van der Waals surface area contributed by atoms with Gasteiger partial charge in [-0.2, -0.15) is 0 Å². The van der Waals surface area contributed by atoms with Gasteiger partial charge >= 0.3 is 0 Å². The predicted molar refractivity (Wildman–Crippen MR) is 109 cm³/mol. The maximum atomic E-state index is 12.4. The Morgan fingerprint density at radius 2 is 1.96 bits per heavy atom. The van der Waals surface area contributed by atoms with Crippen molar-refractivity contribution in [3.8, 4) is 16.9 Å². The molecule has 4 nitrogen and oxygen atoms in total. The Hall–Kier alpha value is -2.63. The minimum Gasteiger partial charge on any atom is -0.507 e. The lowest BCUT2D eigenvalue weighted by atomic mass is 9.94. The molecule has 5 heteroatoms. The molecule has 0 unspecified atom stereocenters. The van der Waals surface area contributed by atoms with Crippen molar-refractivity contribution < 1.29 is 5.11 Å². The third kappa shape index (κ3) is 2.69. The number of H-pyrrole nitrogens is 1. The van der Waals surface area contributed by atoms with Gasteiger partial charge in [0.25, 0.3) is 5.56 Å². The Morgan fingerprint density at radius 1 is 1.19 bits per heavy atom. The smallest absolute Gasteiger partial charge is 0.266 e. The van der Waals surface area contributed by atoms with Crippen LogP contribution in [0.5, 0.6) is 5.75 Å². The third-order valence-corrected chi connectivity index (χ3v) is 5.71. The summed E-state index contributed by atoms with van der Waals surface area (Å²) in [6, 6.07) is 11.9. The number of phenolic OH excluding ortho intramolecular Hbond substituents is 1. The summed E-state index contributed by atoms with van der Waals surface area (Å²) in [6.45, 7) is 2.57. The molecule has 26 heavy (non-hydrogen) atoms. The van der Waals surface area contributed by atoms with E-state index in [1.54, 1.807) is 6.07 Å². The van der Waals surface area contributed by atoms with Gasteiger partial charge in [0.05, 0.1) is 5.52 Å². The first-order chi connectivity index (χ1) is 12.6. The molecular formula is C21H20N2O2S. The highest BCUT2D eigenvalue weighted by Crippen LogP contribution is 2.41. The number of aromatic amines is 1. The van der Waals surface area contributed by atoms with E-state index < -0.39 is 0 Å². The zero-order valence-corrected chi connectivity index (χ0v) is 15.3. The van der Waals surface area contributed by atoms with Crippen molar-refractivity contribution >= 4 is 32.3 Å². The molecule has 132 valence electrons. The van der Waals surface area contributed by atoms with Crippen LogP contribution in [0.15, 0.2) is 46.6 Å². The summed E-state index contributed by atoms with van der Waals surface area (Å²) in [4.78, 5) is 15.4. The lowest BCUT2D eigenvalue weighted by molar-refractivity contribution is 0.477. The highest BCUT2D eigenvalue weighted by molar-refractivity contribution is 7.17. The number of thiophene rings is 1. The van der Waals surface area contributed by atoms with Crippen molar-refractivity contribution in [3.05, 3.63) is 63.3 Å². The van der Waals surface area contributed by atoms with Crippen LogP contribution in [0.2, 0.25) is 0 Å². The van der Waals surface area contributed by atoms with Gasteiger partial charge in [-0.3, -0.25) is 4.79 Å². The van der Waals surface area contributed by atoms with Gasteiger partial charge in [-0.15, -0.1) is 11.3 Å². The predicted octanol–water partition coefficient (Wildman–Crippen LogP) is 4.32. The van der Waals surface area contributed by atoms with Crippen LogP contribution >= 0.6 is 11.3 Å². The molecule has 0 aliphatic heterocycles. The number of hydrogen-bond donors (Lipinski definition) is 3. The van der Waals surface area contributed by atoms with Crippen LogP contribution < -0.4 is 11.3 Å². The van der Waals surface area contributed by atoms with E-state index in [2.05, 4.69) is 17.1 Å². The number of benzene rings is 2. The van der Waals surface area contributed by atoms with Gasteiger partial charge in [0, 0.05) is 16.3 Å². The first kappa shape index (κ1) is 16.8. The number of rotatable bonds is 4. The quantitative estimate of drug-likeness (QED) is 0.505. The Morgan fingerprint density at radius 3 is 2.69 bits per heavy atom. The van der Waals surface area contributed by atoms with Crippen molar-refractivity contribution in [2.45, 2.75) is 19.8 Å². The summed E-state index contributed by atoms with van der Waals surface area (Å²) in [5, 5.41) is 14.4. The van der Waals surface area contributed by atoms with E-state index in [-0.39, 0.29) is 11.3 Å². The number of pyridine rings is 1. The summed E-state index contributed by atoms with van der Waals surface area (Å²) >= 11 is 1.42. The van der Waals surface area contributed by atoms with Crippen LogP contribution in [0.3, 0.4) is 0 Å². The number of hydrogen-bond acceptors (Lipinski definition) is 4. The number of phenols is 1. The van der Waals surface area contributed by atoms with Crippen molar-refractivity contribution in [2.75, 3.05) is 6.54 Å². The molecular weight excluding hydrogens is 344 g/mol. The number of aryl methyl sites for hydroxylation is 2. The molecule has 4 rings (SSSR count). The normalized spacial score (nSPS) is 11.5. The van der Waals surface area contributed by atoms with Gasteiger partial charge < -0.3 is 15.8 Å². The summed E-state index contributed by atoms with van der Waals surface area (Å²) in [6.07, 6.45) is 1.90. The first-order valence-corrected chi connectivity index (χ1v) is 9.53. The van der Waals surface area contributed by atoms with Crippen LogP contribution in [-0.2, 0) is 6.42 Å². The van der Waals surface area contributed by atoms with Crippen LogP contribution in [0, 0.1) is 6.92 Å². The fourth-order valence-corrected chi connectivity index (χ4v) is 4.31. The van der Waals surface area contributed by atoms with Crippen molar-refractivity contribution in [1.29, 1.82) is 0 Å². The second-order valence-electron chi connectivity index (χ2n) is 6.54. The SMILES string of the molecule is Cc1cc(O)c(-c2ccc(CCCN)cc2)c2c1[nH]c(=O)c1sccc12. The maximum absolute atomic E-state index is 12.4. The molecule has 2 aromatic heterocycles. The molecule has 0 saturated heterocycles. The minimum atomic E-state index is -0.0839. The Kier molecular flexibility index (Phi) is 4.26. The van der Waals surface area contributed by atoms with Gasteiger partial charge in [-0.05, 0) is 60.5 Å². The lowest BCUT2D eigenvalue weighted by Crippen LogP contribution is -2.05. The second-order valence-corrected chi connectivity index (χ2v) is 7.46. The Bertz CT molecular complexity index is 1160. The van der Waals surface area contributed by atoms with Crippen molar-refractivity contribution in [2.24, 2.45) is 5.73 Å². The lowest BCUT2D eigenvalue weighted by Gasteiger charge is -2.13. The summed E-state index contributed by atoms with van der Waals surface area (Å²) in [5.74, 6) is 0.226. The molecule has 4 N–H and O–H groups in total. The number of aromatic nitrogens is 1. The highest BCUT2D eigenvalue weighted by Gasteiger charge is 2.17. The molecule has 0 amide bonds. The Balaban J connectivity index is 2.00. The van der Waals surface area contributed by atoms with E-state index in [4.69, 9.17) is 5.73 Å². The van der Waals surface area contributed by atoms with Gasteiger partial charge in [0.15, 0.2) is 0 Å². The molecule has 0 radical (unpaired) electrons. The number of nitrogens with two attached hydrogens (primary N) is 1. The third-order valence-electron chi connectivity index (χ3n) is 4.80. The van der Waals surface area contributed by atoms with Crippen LogP contribution in [-0.4, -0.2) is 16.6 Å². The number of aromatic hydroxyl groups is 1. The first-order valence-electron chi connectivity index (χ1n) is 8.65. The molecule has 0 aliphatic carbocycles. The van der Waals surface area contributed by atoms with E-state index in [0.29, 0.717) is 11.2 Å². The minimum absolute atomic E-state index is 0.0839. The molecule has 0 bridgehead atoms. The fourth-order valence-electron chi connectivity index (χ4n) is 3.52. The molecule has 2 heterocycles. The largest absolute Gasteiger partial charge is 0.507 e. The molecule has 4 aromatic rings. The maximum Gasteiger partial charge on any atom is 0.266 e. The van der Waals surface area contributed by atoms with E-state index in [1.165, 1.54) is 16.9 Å². The van der Waals surface area contributed by atoms with E-state index in [9.17, 15) is 9.90 Å². The standard InChI is InChI=1S/C21H20N2O2S/c1-12-11-16(24)17(14-6-4-13(5-7-14)3-2-9-22)18-15-8-10-26-20(15)21(25)23-19(12)18/h4-8,10-11,24H,2-3,9,22H2,1H3,(H,23,25). The Labute approximate surface area is 154 Å². The van der Waals surface area contributed by atoms with Gasteiger partial charge in [-0.25, -0.2) is 0 Å². The van der Waals surface area contributed by atoms with E-state index >= 15 is 0 Å². The molecule has 0 saturated carbocycles. The fraction of sp³-hybridized carbons (Fsp3) is 0.190.